The fourth-order valence-corrected chi connectivity index (χ4v) is 2.57. The molecule has 0 unspecified atom stereocenters. The maximum absolute atomic E-state index is 12.1. The van der Waals surface area contributed by atoms with Gasteiger partial charge in [0.25, 0.3) is 17.5 Å². The summed E-state index contributed by atoms with van der Waals surface area (Å²) in [5, 5.41) is 21.4. The predicted molar refractivity (Wildman–Crippen MR) is 105 cm³/mol. The Morgan fingerprint density at radius 3 is 2.60 bits per heavy atom. The monoisotopic (exact) mass is 406 g/mol. The van der Waals surface area contributed by atoms with Crippen LogP contribution >= 0.6 is 0 Å². The fourth-order valence-electron chi connectivity index (χ4n) is 2.57. The number of nitrogens with one attached hydrogen (secondary N) is 1. The first-order valence-electron chi connectivity index (χ1n) is 8.73. The van der Waals surface area contributed by atoms with Crippen molar-refractivity contribution in [1.82, 2.24) is 10.2 Å². The van der Waals surface area contributed by atoms with Crippen molar-refractivity contribution in [3.8, 4) is 28.9 Å². The molecule has 0 aliphatic carbocycles. The van der Waals surface area contributed by atoms with Gasteiger partial charge in [0.2, 0.25) is 5.89 Å². The number of aromatic nitrogens is 2. The van der Waals surface area contributed by atoms with E-state index in [9.17, 15) is 14.9 Å². The lowest BCUT2D eigenvalue weighted by Crippen LogP contribution is -2.20. The first-order valence-corrected chi connectivity index (χ1v) is 8.73. The van der Waals surface area contributed by atoms with E-state index < -0.39 is 10.8 Å². The maximum atomic E-state index is 12.1. The van der Waals surface area contributed by atoms with Crippen LogP contribution in [0, 0.1) is 10.1 Å². The Balaban J connectivity index is 1.35. The van der Waals surface area contributed by atoms with E-state index in [1.807, 2.05) is 0 Å². The zero-order valence-electron chi connectivity index (χ0n) is 15.3. The number of rotatable bonds is 7. The molecule has 0 aliphatic rings. The summed E-state index contributed by atoms with van der Waals surface area (Å²) in [7, 11) is 0. The molecule has 2 aromatic carbocycles. The van der Waals surface area contributed by atoms with Gasteiger partial charge in [0, 0.05) is 17.3 Å². The van der Waals surface area contributed by atoms with Crippen molar-refractivity contribution in [3.63, 3.8) is 0 Å². The number of anilines is 1. The van der Waals surface area contributed by atoms with Crippen molar-refractivity contribution in [2.75, 3.05) is 11.9 Å². The molecule has 2 heterocycles. The second kappa shape index (κ2) is 8.27. The number of hydrogen-bond acceptors (Lipinski definition) is 8. The Morgan fingerprint density at radius 1 is 1.07 bits per heavy atom. The molecule has 4 aromatic rings. The number of furan rings is 1. The normalized spacial score (nSPS) is 10.5. The molecule has 1 amide bonds. The molecule has 0 atom stereocenters. The van der Waals surface area contributed by atoms with E-state index in [1.54, 1.807) is 36.4 Å². The first kappa shape index (κ1) is 18.9. The molecular weight excluding hydrogens is 392 g/mol. The molecular formula is C20H14N4O6. The highest BCUT2D eigenvalue weighted by Crippen LogP contribution is 2.25. The van der Waals surface area contributed by atoms with Crippen molar-refractivity contribution in [2.45, 2.75) is 0 Å². The van der Waals surface area contributed by atoms with Gasteiger partial charge < -0.3 is 18.9 Å². The molecule has 0 saturated carbocycles. The van der Waals surface area contributed by atoms with Crippen LogP contribution in [0.5, 0.6) is 5.75 Å². The largest absolute Gasteiger partial charge is 0.484 e. The van der Waals surface area contributed by atoms with Gasteiger partial charge in [0.05, 0.1) is 17.3 Å². The number of benzene rings is 2. The van der Waals surface area contributed by atoms with Gasteiger partial charge in [-0.25, -0.2) is 0 Å². The number of nitrogens with zero attached hydrogens (tertiary/aromatic N) is 3. The third-order valence-electron chi connectivity index (χ3n) is 3.97. The molecule has 0 saturated heterocycles. The molecule has 150 valence electrons. The molecule has 10 nitrogen and oxygen atoms in total. The third kappa shape index (κ3) is 4.33. The summed E-state index contributed by atoms with van der Waals surface area (Å²) in [5.41, 5.74) is 1.10. The Morgan fingerprint density at radius 2 is 1.87 bits per heavy atom. The van der Waals surface area contributed by atoms with Gasteiger partial charge in [-0.3, -0.25) is 14.9 Å². The Hall–Kier alpha value is -4.47. The molecule has 0 aliphatic heterocycles. The highest BCUT2D eigenvalue weighted by atomic mass is 16.6. The highest BCUT2D eigenvalue weighted by Gasteiger charge is 2.13. The predicted octanol–water partition coefficient (Wildman–Crippen LogP) is 3.92. The van der Waals surface area contributed by atoms with E-state index in [4.69, 9.17) is 13.6 Å². The molecule has 1 N–H and O–H groups in total. The first-order chi connectivity index (χ1) is 14.6. The molecule has 2 aromatic heterocycles. The number of nitro benzene ring substituents is 1. The highest BCUT2D eigenvalue weighted by molar-refractivity contribution is 5.92. The molecule has 4 rings (SSSR count). The van der Waals surface area contributed by atoms with Crippen LogP contribution in [-0.4, -0.2) is 27.6 Å². The standard InChI is InChI=1S/C20H14N4O6/c25-18(12-29-16-4-1-3-15(11-16)24(26)27)21-14-8-6-13(7-9-14)19-22-23-20(30-19)17-5-2-10-28-17/h1-11H,12H2,(H,21,25). The molecule has 0 bridgehead atoms. The summed E-state index contributed by atoms with van der Waals surface area (Å²) in [6.07, 6.45) is 1.51. The van der Waals surface area contributed by atoms with Crippen LogP contribution in [0.3, 0.4) is 0 Å². The number of ether oxygens (including phenoxy) is 1. The van der Waals surface area contributed by atoms with Crippen molar-refractivity contribution >= 4 is 17.3 Å². The van der Waals surface area contributed by atoms with Gasteiger partial charge in [-0.1, -0.05) is 6.07 Å². The number of non-ortho nitro benzene ring substituents is 1. The fraction of sp³-hybridized carbons (Fsp3) is 0.0500. The van der Waals surface area contributed by atoms with Gasteiger partial charge in [0.15, 0.2) is 12.4 Å². The topological polar surface area (TPSA) is 134 Å². The van der Waals surface area contributed by atoms with Crippen LogP contribution in [0.25, 0.3) is 23.1 Å². The molecule has 0 fully saturated rings. The van der Waals surface area contributed by atoms with Crippen LogP contribution in [0.4, 0.5) is 11.4 Å². The number of hydrogen-bond donors (Lipinski definition) is 1. The lowest BCUT2D eigenvalue weighted by atomic mass is 10.2. The molecule has 0 radical (unpaired) electrons. The maximum Gasteiger partial charge on any atom is 0.283 e. The second-order valence-corrected chi connectivity index (χ2v) is 6.06. The van der Waals surface area contributed by atoms with E-state index in [-0.39, 0.29) is 23.9 Å². The van der Waals surface area contributed by atoms with Gasteiger partial charge in [0.1, 0.15) is 5.75 Å². The molecule has 0 spiro atoms. The quantitative estimate of drug-likeness (QED) is 0.360. The Labute approximate surface area is 169 Å². The summed E-state index contributed by atoms with van der Waals surface area (Å²) in [6.45, 7) is -0.293. The number of carbonyl (C=O) groups is 1. The van der Waals surface area contributed by atoms with Crippen LogP contribution in [0.2, 0.25) is 0 Å². The second-order valence-electron chi connectivity index (χ2n) is 6.06. The van der Waals surface area contributed by atoms with Gasteiger partial charge in [-0.2, -0.15) is 0 Å². The van der Waals surface area contributed by atoms with E-state index >= 15 is 0 Å². The zero-order chi connectivity index (χ0) is 20.9. The third-order valence-corrected chi connectivity index (χ3v) is 3.97. The van der Waals surface area contributed by atoms with Crippen LogP contribution < -0.4 is 10.1 Å². The SMILES string of the molecule is O=C(COc1cccc([N+](=O)[O-])c1)Nc1ccc(-c2nnc(-c3ccco3)o2)cc1. The van der Waals surface area contributed by atoms with Gasteiger partial charge in [-0.05, 0) is 42.5 Å². The van der Waals surface area contributed by atoms with Crippen LogP contribution in [0.15, 0.2) is 75.8 Å². The average Bonchev–Trinajstić information content (AvgIpc) is 3.45. The van der Waals surface area contributed by atoms with Crippen LogP contribution in [-0.2, 0) is 4.79 Å². The summed E-state index contributed by atoms with van der Waals surface area (Å²) in [6, 6.07) is 15.8. The van der Waals surface area contributed by atoms with Crippen molar-refractivity contribution in [2.24, 2.45) is 0 Å². The van der Waals surface area contributed by atoms with E-state index in [2.05, 4.69) is 15.5 Å². The van der Waals surface area contributed by atoms with Crippen molar-refractivity contribution in [1.29, 1.82) is 0 Å². The minimum Gasteiger partial charge on any atom is -0.484 e. The Kier molecular flexibility index (Phi) is 5.20. The van der Waals surface area contributed by atoms with Crippen molar-refractivity contribution in [3.05, 3.63) is 77.0 Å². The lowest BCUT2D eigenvalue weighted by molar-refractivity contribution is -0.384. The summed E-state index contributed by atoms with van der Waals surface area (Å²) in [4.78, 5) is 22.3. The molecule has 10 heteroatoms. The van der Waals surface area contributed by atoms with E-state index in [0.29, 0.717) is 22.9 Å². The van der Waals surface area contributed by atoms with Gasteiger partial charge >= 0.3 is 0 Å². The van der Waals surface area contributed by atoms with E-state index in [1.165, 1.54) is 30.5 Å². The number of amides is 1. The summed E-state index contributed by atoms with van der Waals surface area (Å²) >= 11 is 0. The zero-order valence-corrected chi connectivity index (χ0v) is 15.3. The van der Waals surface area contributed by atoms with Gasteiger partial charge in [-0.15, -0.1) is 10.2 Å². The molecule has 30 heavy (non-hydrogen) atoms. The lowest BCUT2D eigenvalue weighted by Gasteiger charge is -2.07. The smallest absolute Gasteiger partial charge is 0.283 e. The number of carbonyl (C=O) groups excluding carboxylic acids is 1. The summed E-state index contributed by atoms with van der Waals surface area (Å²) < 4.78 is 16.1. The van der Waals surface area contributed by atoms with Crippen LogP contribution in [0.1, 0.15) is 0 Å². The summed E-state index contributed by atoms with van der Waals surface area (Å²) in [5.74, 6) is 0.881. The minimum absolute atomic E-state index is 0.111. The average molecular weight is 406 g/mol. The minimum atomic E-state index is -0.532. The Bertz CT molecular complexity index is 1170. The van der Waals surface area contributed by atoms with Crippen molar-refractivity contribution < 1.29 is 23.3 Å². The number of nitro groups is 1. The van der Waals surface area contributed by atoms with E-state index in [0.717, 1.165) is 0 Å².